The Kier molecular flexibility index (Phi) is 3.42. The molecule has 0 saturated carbocycles. The summed E-state index contributed by atoms with van der Waals surface area (Å²) in [5.74, 6) is -0.848. The van der Waals surface area contributed by atoms with Crippen molar-refractivity contribution in [2.45, 2.75) is 19.8 Å². The van der Waals surface area contributed by atoms with E-state index in [2.05, 4.69) is 15.5 Å². The smallest absolute Gasteiger partial charge is 0.337 e. The summed E-state index contributed by atoms with van der Waals surface area (Å²) in [6, 6.07) is 3.44. The van der Waals surface area contributed by atoms with Crippen molar-refractivity contribution in [2.24, 2.45) is 0 Å². The molecule has 0 aliphatic carbocycles. The Morgan fingerprint density at radius 1 is 1.45 bits per heavy atom. The lowest BCUT2D eigenvalue weighted by molar-refractivity contribution is -0.384. The Labute approximate surface area is 113 Å². The maximum atomic E-state index is 11.2. The number of nitrogens with zero attached hydrogens (tertiary/aromatic N) is 5. The number of aromatic carboxylic acids is 1. The molecule has 2 aromatic rings. The molecule has 0 unspecified atom stereocenters. The fraction of sp³-hybridized carbons (Fsp3) is 0.273. The third kappa shape index (κ3) is 2.32. The molecule has 9 nitrogen and oxygen atoms in total. The highest BCUT2D eigenvalue weighted by atomic mass is 16.6. The molecule has 0 atom stereocenters. The van der Waals surface area contributed by atoms with Crippen molar-refractivity contribution < 1.29 is 14.8 Å². The molecule has 0 radical (unpaired) electrons. The minimum absolute atomic E-state index is 0.0640. The van der Waals surface area contributed by atoms with E-state index >= 15 is 0 Å². The van der Waals surface area contributed by atoms with Crippen molar-refractivity contribution in [1.82, 2.24) is 20.2 Å². The van der Waals surface area contributed by atoms with Crippen LogP contribution in [0.15, 0.2) is 18.2 Å². The quantitative estimate of drug-likeness (QED) is 0.661. The number of hydrogen-bond acceptors (Lipinski definition) is 6. The number of non-ortho nitro benzene ring substituents is 1. The first-order chi connectivity index (χ1) is 9.41. The summed E-state index contributed by atoms with van der Waals surface area (Å²) in [6.45, 7) is 3.67. The average molecular weight is 277 g/mol. The number of carboxylic acids is 1. The Balaban J connectivity index is 2.69. The molecular formula is C11H11N5O4. The van der Waals surface area contributed by atoms with Gasteiger partial charge in [-0.25, -0.2) is 4.79 Å². The van der Waals surface area contributed by atoms with Crippen LogP contribution < -0.4 is 0 Å². The van der Waals surface area contributed by atoms with E-state index in [1.807, 2.05) is 13.8 Å². The maximum absolute atomic E-state index is 11.2. The summed E-state index contributed by atoms with van der Waals surface area (Å²) in [5.41, 5.74) is -0.264. The average Bonchev–Trinajstić information content (AvgIpc) is 2.86. The summed E-state index contributed by atoms with van der Waals surface area (Å²) >= 11 is 0. The van der Waals surface area contributed by atoms with E-state index in [4.69, 9.17) is 0 Å². The molecule has 0 saturated heterocycles. The fourth-order valence-corrected chi connectivity index (χ4v) is 1.72. The lowest BCUT2D eigenvalue weighted by Crippen LogP contribution is -2.11. The molecule has 0 fully saturated rings. The van der Waals surface area contributed by atoms with Crippen molar-refractivity contribution in [1.29, 1.82) is 0 Å². The Bertz CT molecular complexity index is 679. The van der Waals surface area contributed by atoms with E-state index in [1.54, 1.807) is 0 Å². The molecule has 0 bridgehead atoms. The second-order valence-corrected chi connectivity index (χ2v) is 4.37. The van der Waals surface area contributed by atoms with Crippen molar-refractivity contribution in [3.05, 3.63) is 39.7 Å². The van der Waals surface area contributed by atoms with Crippen LogP contribution in [0, 0.1) is 10.1 Å². The summed E-state index contributed by atoms with van der Waals surface area (Å²) < 4.78 is 1.21. The van der Waals surface area contributed by atoms with Gasteiger partial charge in [0, 0.05) is 18.1 Å². The van der Waals surface area contributed by atoms with Crippen LogP contribution in [0.3, 0.4) is 0 Å². The Hall–Kier alpha value is -2.84. The highest BCUT2D eigenvalue weighted by Gasteiger charge is 2.21. The van der Waals surface area contributed by atoms with Gasteiger partial charge in [-0.05, 0) is 16.5 Å². The van der Waals surface area contributed by atoms with Crippen molar-refractivity contribution in [2.75, 3.05) is 0 Å². The van der Waals surface area contributed by atoms with Crippen LogP contribution in [0.4, 0.5) is 5.69 Å². The summed E-state index contributed by atoms with van der Waals surface area (Å²) in [7, 11) is 0. The van der Waals surface area contributed by atoms with Gasteiger partial charge in [0.2, 0.25) is 0 Å². The Morgan fingerprint density at radius 2 is 2.15 bits per heavy atom. The lowest BCUT2D eigenvalue weighted by Gasteiger charge is -2.09. The van der Waals surface area contributed by atoms with Crippen molar-refractivity contribution in [3.63, 3.8) is 0 Å². The number of carbonyl (C=O) groups is 1. The zero-order valence-electron chi connectivity index (χ0n) is 10.7. The number of nitro groups is 1. The molecule has 1 N–H and O–H groups in total. The normalized spacial score (nSPS) is 10.8. The zero-order chi connectivity index (χ0) is 14.9. The van der Waals surface area contributed by atoms with Crippen LogP contribution in [0.25, 0.3) is 5.69 Å². The van der Waals surface area contributed by atoms with Gasteiger partial charge in [-0.1, -0.05) is 13.8 Å². The van der Waals surface area contributed by atoms with Crippen LogP contribution in [0.5, 0.6) is 0 Å². The summed E-state index contributed by atoms with van der Waals surface area (Å²) in [4.78, 5) is 21.4. The van der Waals surface area contributed by atoms with E-state index in [0.29, 0.717) is 5.82 Å². The fourth-order valence-electron chi connectivity index (χ4n) is 1.72. The summed E-state index contributed by atoms with van der Waals surface area (Å²) in [6.07, 6.45) is 0. The first-order valence-corrected chi connectivity index (χ1v) is 5.72. The highest BCUT2D eigenvalue weighted by molar-refractivity contribution is 5.92. The predicted octanol–water partition coefficient (Wildman–Crippen LogP) is 1.39. The minimum Gasteiger partial charge on any atom is -0.478 e. The third-order valence-electron chi connectivity index (χ3n) is 2.66. The molecule has 20 heavy (non-hydrogen) atoms. The van der Waals surface area contributed by atoms with Gasteiger partial charge in [0.1, 0.15) is 0 Å². The third-order valence-corrected chi connectivity index (χ3v) is 2.66. The zero-order valence-corrected chi connectivity index (χ0v) is 10.7. The van der Waals surface area contributed by atoms with Gasteiger partial charge in [0.15, 0.2) is 5.82 Å². The van der Waals surface area contributed by atoms with E-state index < -0.39 is 10.9 Å². The molecule has 9 heteroatoms. The molecule has 2 rings (SSSR count). The highest BCUT2D eigenvalue weighted by Crippen LogP contribution is 2.23. The van der Waals surface area contributed by atoms with Crippen molar-refractivity contribution in [3.8, 4) is 5.69 Å². The molecular weight excluding hydrogens is 266 g/mol. The van der Waals surface area contributed by atoms with Crippen LogP contribution in [-0.2, 0) is 0 Å². The van der Waals surface area contributed by atoms with Crippen LogP contribution in [0.1, 0.15) is 35.9 Å². The molecule has 1 heterocycles. The number of carboxylic acid groups (broad SMARTS) is 1. The number of aromatic nitrogens is 4. The van der Waals surface area contributed by atoms with E-state index in [1.165, 1.54) is 10.7 Å². The standard InChI is InChI=1S/C11H11N5O4/c1-6(2)10-12-13-14-15(10)9-5-7(16(19)20)3-4-8(9)11(17)18/h3-6H,1-2H3,(H,17,18). The van der Waals surface area contributed by atoms with Gasteiger partial charge in [-0.2, -0.15) is 4.68 Å². The second-order valence-electron chi connectivity index (χ2n) is 4.37. The van der Waals surface area contributed by atoms with Crippen molar-refractivity contribution >= 4 is 11.7 Å². The molecule has 0 aliphatic heterocycles. The maximum Gasteiger partial charge on any atom is 0.337 e. The topological polar surface area (TPSA) is 124 Å². The number of benzene rings is 1. The molecule has 0 amide bonds. The van der Waals surface area contributed by atoms with Gasteiger partial charge < -0.3 is 5.11 Å². The van der Waals surface area contributed by atoms with Gasteiger partial charge in [0.25, 0.3) is 5.69 Å². The van der Waals surface area contributed by atoms with E-state index in [9.17, 15) is 20.0 Å². The summed E-state index contributed by atoms with van der Waals surface area (Å²) in [5, 5.41) is 31.0. The monoisotopic (exact) mass is 277 g/mol. The molecule has 104 valence electrons. The molecule has 1 aromatic heterocycles. The lowest BCUT2D eigenvalue weighted by atomic mass is 10.1. The molecule has 0 aliphatic rings. The number of tetrazole rings is 1. The number of hydrogen-bond donors (Lipinski definition) is 1. The second kappa shape index (κ2) is 5.03. The number of nitro benzene ring substituents is 1. The van der Waals surface area contributed by atoms with Crippen LogP contribution in [-0.4, -0.2) is 36.2 Å². The predicted molar refractivity (Wildman–Crippen MR) is 66.9 cm³/mol. The molecule has 0 spiro atoms. The van der Waals surface area contributed by atoms with E-state index in [-0.39, 0.29) is 22.9 Å². The first kappa shape index (κ1) is 13.6. The first-order valence-electron chi connectivity index (χ1n) is 5.72. The van der Waals surface area contributed by atoms with Gasteiger partial charge in [-0.3, -0.25) is 10.1 Å². The van der Waals surface area contributed by atoms with Gasteiger partial charge in [0.05, 0.1) is 16.2 Å². The van der Waals surface area contributed by atoms with Crippen LogP contribution >= 0.6 is 0 Å². The minimum atomic E-state index is -1.21. The molecule has 1 aromatic carbocycles. The number of rotatable bonds is 4. The van der Waals surface area contributed by atoms with Crippen LogP contribution in [0.2, 0.25) is 0 Å². The SMILES string of the molecule is CC(C)c1nnnn1-c1cc([N+](=O)[O-])ccc1C(=O)O. The van der Waals surface area contributed by atoms with E-state index in [0.717, 1.165) is 12.1 Å². The van der Waals surface area contributed by atoms with Gasteiger partial charge in [-0.15, -0.1) is 5.10 Å². The van der Waals surface area contributed by atoms with Gasteiger partial charge >= 0.3 is 5.97 Å². The Morgan fingerprint density at radius 3 is 2.70 bits per heavy atom. The largest absolute Gasteiger partial charge is 0.478 e.